The second-order valence-corrected chi connectivity index (χ2v) is 6.40. The Bertz CT molecular complexity index is 677. The number of morpholine rings is 1. The third-order valence-corrected chi connectivity index (χ3v) is 4.79. The van der Waals surface area contributed by atoms with Gasteiger partial charge in [-0.15, -0.1) is 0 Å². The van der Waals surface area contributed by atoms with Gasteiger partial charge >= 0.3 is 0 Å². The Balaban J connectivity index is 1.49. The second kappa shape index (κ2) is 5.98. The first-order valence-electron chi connectivity index (χ1n) is 8.22. The number of carbonyl (C=O) groups is 2. The van der Waals surface area contributed by atoms with Crippen molar-refractivity contribution >= 4 is 17.5 Å². The maximum absolute atomic E-state index is 12.8. The average molecular weight is 332 g/mol. The minimum absolute atomic E-state index is 0.0341. The van der Waals surface area contributed by atoms with Gasteiger partial charge in [-0.05, 0) is 19.1 Å². The molecule has 2 saturated heterocycles. The summed E-state index contributed by atoms with van der Waals surface area (Å²) in [6.45, 7) is 4.28. The van der Waals surface area contributed by atoms with Crippen molar-refractivity contribution in [3.8, 4) is 11.5 Å². The molecule has 3 heterocycles. The summed E-state index contributed by atoms with van der Waals surface area (Å²) in [5.41, 5.74) is 0.745. The van der Waals surface area contributed by atoms with Crippen LogP contribution >= 0.6 is 0 Å². The number of hydrogen-bond acceptors (Lipinski definition) is 5. The third-order valence-electron chi connectivity index (χ3n) is 4.79. The highest BCUT2D eigenvalue weighted by molar-refractivity contribution is 6.00. The van der Waals surface area contributed by atoms with Crippen molar-refractivity contribution in [2.75, 3.05) is 38.0 Å². The smallest absolute Gasteiger partial charge is 0.231 e. The largest absolute Gasteiger partial charge is 0.454 e. The van der Waals surface area contributed by atoms with Gasteiger partial charge in [0, 0.05) is 31.3 Å². The molecule has 2 atom stereocenters. The Morgan fingerprint density at radius 1 is 1.25 bits per heavy atom. The van der Waals surface area contributed by atoms with Gasteiger partial charge in [0.15, 0.2) is 11.5 Å². The Morgan fingerprint density at radius 2 is 2.08 bits per heavy atom. The van der Waals surface area contributed by atoms with E-state index in [1.165, 1.54) is 0 Å². The van der Waals surface area contributed by atoms with Crippen LogP contribution in [0.15, 0.2) is 18.2 Å². The SMILES string of the molecule is C[C@@H]1COCCN1C(=O)[C@H]1CC(=O)N(c2ccc3c(c2)OCO3)C1. The summed E-state index contributed by atoms with van der Waals surface area (Å²) in [5.74, 6) is 1.02. The minimum atomic E-state index is -0.302. The number of hydrogen-bond donors (Lipinski definition) is 0. The quantitative estimate of drug-likeness (QED) is 0.809. The minimum Gasteiger partial charge on any atom is -0.454 e. The molecule has 0 unspecified atom stereocenters. The van der Waals surface area contributed by atoms with Crippen LogP contribution in [0.2, 0.25) is 0 Å². The van der Waals surface area contributed by atoms with Gasteiger partial charge in [-0.3, -0.25) is 9.59 Å². The van der Waals surface area contributed by atoms with Crippen LogP contribution in [0.3, 0.4) is 0 Å². The van der Waals surface area contributed by atoms with Crippen molar-refractivity contribution in [1.82, 2.24) is 4.90 Å². The Labute approximate surface area is 140 Å². The summed E-state index contributed by atoms with van der Waals surface area (Å²) in [6, 6.07) is 5.48. The lowest BCUT2D eigenvalue weighted by Crippen LogP contribution is -2.49. The van der Waals surface area contributed by atoms with Crippen LogP contribution in [-0.4, -0.2) is 55.9 Å². The molecule has 3 aliphatic rings. The zero-order valence-electron chi connectivity index (χ0n) is 13.6. The van der Waals surface area contributed by atoms with E-state index in [1.54, 1.807) is 17.0 Å². The number of benzene rings is 1. The van der Waals surface area contributed by atoms with Crippen LogP contribution in [0, 0.1) is 5.92 Å². The number of carbonyl (C=O) groups excluding carboxylic acids is 2. The molecule has 4 rings (SSSR count). The van der Waals surface area contributed by atoms with Crippen LogP contribution in [0.25, 0.3) is 0 Å². The molecule has 7 nitrogen and oxygen atoms in total. The van der Waals surface area contributed by atoms with E-state index >= 15 is 0 Å². The molecule has 0 aromatic heterocycles. The fourth-order valence-corrected chi connectivity index (χ4v) is 3.46. The van der Waals surface area contributed by atoms with E-state index in [0.29, 0.717) is 37.8 Å². The normalized spacial score (nSPS) is 26.1. The number of anilines is 1. The molecule has 0 aliphatic carbocycles. The molecule has 128 valence electrons. The molecule has 1 aromatic rings. The van der Waals surface area contributed by atoms with Gasteiger partial charge in [0.1, 0.15) is 0 Å². The van der Waals surface area contributed by atoms with Gasteiger partial charge in [-0.2, -0.15) is 0 Å². The van der Waals surface area contributed by atoms with E-state index in [-0.39, 0.29) is 37.0 Å². The zero-order valence-corrected chi connectivity index (χ0v) is 13.6. The summed E-state index contributed by atoms with van der Waals surface area (Å²) in [6.07, 6.45) is 0.247. The number of fused-ring (bicyclic) bond motifs is 1. The molecule has 2 fully saturated rings. The van der Waals surface area contributed by atoms with E-state index in [0.717, 1.165) is 5.69 Å². The topological polar surface area (TPSA) is 68.3 Å². The first-order valence-corrected chi connectivity index (χ1v) is 8.22. The summed E-state index contributed by atoms with van der Waals surface area (Å²) < 4.78 is 16.0. The molecule has 0 spiro atoms. The molecule has 2 amide bonds. The van der Waals surface area contributed by atoms with Crippen LogP contribution in [0.4, 0.5) is 5.69 Å². The first kappa shape index (κ1) is 15.3. The number of nitrogens with zero attached hydrogens (tertiary/aromatic N) is 2. The molecule has 7 heteroatoms. The maximum atomic E-state index is 12.8. The lowest BCUT2D eigenvalue weighted by atomic mass is 10.1. The second-order valence-electron chi connectivity index (χ2n) is 6.40. The third kappa shape index (κ3) is 2.58. The number of ether oxygens (including phenoxy) is 3. The van der Waals surface area contributed by atoms with Gasteiger partial charge in [-0.1, -0.05) is 0 Å². The molecule has 0 radical (unpaired) electrons. The lowest BCUT2D eigenvalue weighted by Gasteiger charge is -2.34. The summed E-state index contributed by atoms with van der Waals surface area (Å²) >= 11 is 0. The molecular formula is C17H20N2O5. The van der Waals surface area contributed by atoms with E-state index in [1.807, 2.05) is 17.9 Å². The number of rotatable bonds is 2. The van der Waals surface area contributed by atoms with Crippen molar-refractivity contribution in [1.29, 1.82) is 0 Å². The molecule has 24 heavy (non-hydrogen) atoms. The van der Waals surface area contributed by atoms with Crippen LogP contribution in [-0.2, 0) is 14.3 Å². The van der Waals surface area contributed by atoms with Crippen LogP contribution < -0.4 is 14.4 Å². The first-order chi connectivity index (χ1) is 11.6. The van der Waals surface area contributed by atoms with Gasteiger partial charge in [0.05, 0.1) is 25.2 Å². The molecule has 0 saturated carbocycles. The molecule has 0 bridgehead atoms. The van der Waals surface area contributed by atoms with Crippen molar-refractivity contribution in [3.63, 3.8) is 0 Å². The predicted molar refractivity (Wildman–Crippen MR) is 85.0 cm³/mol. The maximum Gasteiger partial charge on any atom is 0.231 e. The Morgan fingerprint density at radius 3 is 2.92 bits per heavy atom. The summed E-state index contributed by atoms with van der Waals surface area (Å²) in [5, 5.41) is 0. The van der Waals surface area contributed by atoms with Gasteiger partial charge in [0.25, 0.3) is 0 Å². The zero-order chi connectivity index (χ0) is 16.7. The highest BCUT2D eigenvalue weighted by Gasteiger charge is 2.39. The number of amides is 2. The summed E-state index contributed by atoms with van der Waals surface area (Å²) in [4.78, 5) is 28.7. The summed E-state index contributed by atoms with van der Waals surface area (Å²) in [7, 11) is 0. The molecule has 1 aromatic carbocycles. The van der Waals surface area contributed by atoms with Crippen LogP contribution in [0.5, 0.6) is 11.5 Å². The molecule has 3 aliphatic heterocycles. The monoisotopic (exact) mass is 332 g/mol. The Kier molecular flexibility index (Phi) is 3.80. The highest BCUT2D eigenvalue weighted by Crippen LogP contribution is 2.37. The standard InChI is InChI=1S/C17H20N2O5/c1-11-9-22-5-4-18(11)17(21)12-6-16(20)19(8-12)13-2-3-14-15(7-13)24-10-23-14/h2-3,7,11-12H,4-6,8-10H2,1H3/t11-,12+/m1/s1. The van der Waals surface area contributed by atoms with Crippen molar-refractivity contribution in [3.05, 3.63) is 18.2 Å². The predicted octanol–water partition coefficient (Wildman–Crippen LogP) is 1.02. The van der Waals surface area contributed by atoms with E-state index in [9.17, 15) is 9.59 Å². The highest BCUT2D eigenvalue weighted by atomic mass is 16.7. The lowest BCUT2D eigenvalue weighted by molar-refractivity contribution is -0.143. The Hall–Kier alpha value is -2.28. The van der Waals surface area contributed by atoms with Crippen LogP contribution in [0.1, 0.15) is 13.3 Å². The van der Waals surface area contributed by atoms with E-state index in [2.05, 4.69) is 0 Å². The van der Waals surface area contributed by atoms with Crippen molar-refractivity contribution in [2.45, 2.75) is 19.4 Å². The van der Waals surface area contributed by atoms with Gasteiger partial charge in [-0.25, -0.2) is 0 Å². The van der Waals surface area contributed by atoms with E-state index < -0.39 is 0 Å². The fraction of sp³-hybridized carbons (Fsp3) is 0.529. The van der Waals surface area contributed by atoms with Gasteiger partial charge < -0.3 is 24.0 Å². The molecular weight excluding hydrogens is 312 g/mol. The van der Waals surface area contributed by atoms with Crippen molar-refractivity contribution in [2.24, 2.45) is 5.92 Å². The van der Waals surface area contributed by atoms with Gasteiger partial charge in [0.2, 0.25) is 18.6 Å². The van der Waals surface area contributed by atoms with Crippen molar-refractivity contribution < 1.29 is 23.8 Å². The fourth-order valence-electron chi connectivity index (χ4n) is 3.46. The van der Waals surface area contributed by atoms with E-state index in [4.69, 9.17) is 14.2 Å². The average Bonchev–Trinajstić information content (AvgIpc) is 3.20. The molecule has 0 N–H and O–H groups in total.